The second kappa shape index (κ2) is 4.85. The van der Waals surface area contributed by atoms with E-state index in [0.29, 0.717) is 18.0 Å². The van der Waals surface area contributed by atoms with Crippen LogP contribution >= 0.6 is 0 Å². The number of anilines is 1. The van der Waals surface area contributed by atoms with Crippen LogP contribution in [0.4, 0.5) is 10.1 Å². The minimum Gasteiger partial charge on any atom is -0.398 e. The normalized spacial score (nSPS) is 16.6. The number of nitrogens with two attached hydrogens (primary N) is 1. The van der Waals surface area contributed by atoms with Gasteiger partial charge in [0.1, 0.15) is 10.7 Å². The van der Waals surface area contributed by atoms with Crippen molar-refractivity contribution in [3.63, 3.8) is 0 Å². The Hall–Kier alpha value is -1.14. The van der Waals surface area contributed by atoms with E-state index >= 15 is 0 Å². The van der Waals surface area contributed by atoms with Crippen LogP contribution in [0.25, 0.3) is 0 Å². The summed E-state index contributed by atoms with van der Waals surface area (Å²) in [6.07, 6.45) is 3.19. The molecule has 0 heterocycles. The van der Waals surface area contributed by atoms with E-state index in [1.807, 2.05) is 0 Å². The molecular weight excluding hydrogens is 255 g/mol. The second-order valence-electron chi connectivity index (χ2n) is 4.79. The van der Waals surface area contributed by atoms with Crippen LogP contribution < -0.4 is 10.5 Å². The number of hydrogen-bond acceptors (Lipinski definition) is 3. The molecule has 1 aliphatic carbocycles. The first kappa shape index (κ1) is 13.3. The van der Waals surface area contributed by atoms with Crippen molar-refractivity contribution in [2.75, 3.05) is 12.3 Å². The molecule has 0 aromatic heterocycles. The number of nitrogen functional groups attached to an aromatic ring is 1. The van der Waals surface area contributed by atoms with Crippen LogP contribution in [-0.4, -0.2) is 15.0 Å². The van der Waals surface area contributed by atoms with Crippen molar-refractivity contribution in [1.29, 1.82) is 0 Å². The molecule has 2 rings (SSSR count). The summed E-state index contributed by atoms with van der Waals surface area (Å²) in [5.41, 5.74) is 6.43. The molecule has 1 aromatic carbocycles. The number of benzene rings is 1. The molecule has 0 atom stereocenters. The average molecular weight is 272 g/mol. The van der Waals surface area contributed by atoms with Gasteiger partial charge in [0.25, 0.3) is 0 Å². The molecule has 0 unspecified atom stereocenters. The van der Waals surface area contributed by atoms with E-state index in [1.165, 1.54) is 6.07 Å². The third-order valence-corrected chi connectivity index (χ3v) is 4.84. The second-order valence-corrected chi connectivity index (χ2v) is 6.52. The van der Waals surface area contributed by atoms with E-state index in [9.17, 15) is 12.8 Å². The van der Waals surface area contributed by atoms with Crippen molar-refractivity contribution in [1.82, 2.24) is 4.72 Å². The van der Waals surface area contributed by atoms with Gasteiger partial charge in [0, 0.05) is 12.2 Å². The minimum atomic E-state index is -3.81. The summed E-state index contributed by atoms with van der Waals surface area (Å²) < 4.78 is 40.0. The van der Waals surface area contributed by atoms with Gasteiger partial charge < -0.3 is 5.73 Å². The van der Waals surface area contributed by atoms with Gasteiger partial charge in [-0.05, 0) is 43.4 Å². The predicted molar refractivity (Wildman–Crippen MR) is 68.1 cm³/mol. The van der Waals surface area contributed by atoms with Crippen molar-refractivity contribution in [2.45, 2.75) is 31.1 Å². The van der Waals surface area contributed by atoms with E-state index in [2.05, 4.69) is 4.72 Å². The zero-order valence-corrected chi connectivity index (χ0v) is 11.1. The molecule has 0 spiro atoms. The van der Waals surface area contributed by atoms with Gasteiger partial charge in [-0.3, -0.25) is 0 Å². The van der Waals surface area contributed by atoms with Gasteiger partial charge in [-0.1, -0.05) is 6.42 Å². The van der Waals surface area contributed by atoms with Crippen LogP contribution in [0.2, 0.25) is 0 Å². The molecular formula is C12H17FN2O2S. The van der Waals surface area contributed by atoms with Gasteiger partial charge >= 0.3 is 0 Å². The zero-order chi connectivity index (χ0) is 13.3. The molecule has 0 aliphatic heterocycles. The number of sulfonamides is 1. The molecule has 1 aliphatic rings. The van der Waals surface area contributed by atoms with E-state index in [-0.39, 0.29) is 10.6 Å². The fraction of sp³-hybridized carbons (Fsp3) is 0.500. The smallest absolute Gasteiger partial charge is 0.243 e. The number of halogens is 1. The fourth-order valence-corrected chi connectivity index (χ4v) is 3.09. The van der Waals surface area contributed by atoms with Crippen LogP contribution in [0, 0.1) is 18.7 Å². The predicted octanol–water partition coefficient (Wildman–Crippen LogP) is 1.79. The summed E-state index contributed by atoms with van der Waals surface area (Å²) >= 11 is 0. The first-order valence-electron chi connectivity index (χ1n) is 5.95. The molecule has 4 nitrogen and oxygen atoms in total. The van der Waals surface area contributed by atoms with E-state index in [4.69, 9.17) is 5.73 Å². The SMILES string of the molecule is Cc1cc(F)c(S(=O)(=O)NCC2CCC2)cc1N. The van der Waals surface area contributed by atoms with Gasteiger partial charge in [0.15, 0.2) is 0 Å². The van der Waals surface area contributed by atoms with Crippen molar-refractivity contribution in [3.05, 3.63) is 23.5 Å². The van der Waals surface area contributed by atoms with Crippen LogP contribution in [-0.2, 0) is 10.0 Å². The monoisotopic (exact) mass is 272 g/mol. The highest BCUT2D eigenvalue weighted by Crippen LogP contribution is 2.26. The average Bonchev–Trinajstić information content (AvgIpc) is 2.20. The van der Waals surface area contributed by atoms with Crippen molar-refractivity contribution < 1.29 is 12.8 Å². The van der Waals surface area contributed by atoms with E-state index < -0.39 is 15.8 Å². The third kappa shape index (κ3) is 2.64. The first-order valence-corrected chi connectivity index (χ1v) is 7.44. The van der Waals surface area contributed by atoms with Crippen molar-refractivity contribution in [3.8, 4) is 0 Å². The highest BCUT2D eigenvalue weighted by Gasteiger charge is 2.24. The molecule has 0 amide bonds. The number of aryl methyl sites for hydroxylation is 1. The summed E-state index contributed by atoms with van der Waals surface area (Å²) in [5, 5.41) is 0. The summed E-state index contributed by atoms with van der Waals surface area (Å²) in [5.74, 6) is -0.381. The molecule has 0 radical (unpaired) electrons. The highest BCUT2D eigenvalue weighted by atomic mass is 32.2. The van der Waals surface area contributed by atoms with Crippen LogP contribution in [0.15, 0.2) is 17.0 Å². The molecule has 100 valence electrons. The minimum absolute atomic E-state index is 0.278. The number of nitrogens with one attached hydrogen (secondary N) is 1. The maximum Gasteiger partial charge on any atom is 0.243 e. The lowest BCUT2D eigenvalue weighted by Crippen LogP contribution is -2.32. The molecule has 3 N–H and O–H groups in total. The Balaban J connectivity index is 2.20. The Bertz CT molecular complexity index is 553. The molecule has 0 saturated heterocycles. The van der Waals surface area contributed by atoms with Crippen LogP contribution in [0.5, 0.6) is 0 Å². The fourth-order valence-electron chi connectivity index (χ4n) is 1.88. The number of rotatable bonds is 4. The maximum atomic E-state index is 13.7. The molecule has 0 bridgehead atoms. The van der Waals surface area contributed by atoms with E-state index in [0.717, 1.165) is 25.3 Å². The van der Waals surface area contributed by atoms with Gasteiger partial charge in [0.05, 0.1) is 0 Å². The van der Waals surface area contributed by atoms with E-state index in [1.54, 1.807) is 6.92 Å². The summed E-state index contributed by atoms with van der Waals surface area (Å²) in [6.45, 7) is 2.01. The summed E-state index contributed by atoms with van der Waals surface area (Å²) in [6, 6.07) is 2.32. The van der Waals surface area contributed by atoms with Gasteiger partial charge in [-0.25, -0.2) is 17.5 Å². The molecule has 18 heavy (non-hydrogen) atoms. The summed E-state index contributed by atoms with van der Waals surface area (Å²) in [7, 11) is -3.81. The Labute approximate surface area is 106 Å². The highest BCUT2D eigenvalue weighted by molar-refractivity contribution is 7.89. The van der Waals surface area contributed by atoms with Gasteiger partial charge in [-0.2, -0.15) is 0 Å². The standard InChI is InChI=1S/C12H17FN2O2S/c1-8-5-10(13)12(6-11(8)14)18(16,17)15-7-9-3-2-4-9/h5-6,9,15H,2-4,7,14H2,1H3. The first-order chi connectivity index (χ1) is 8.40. The third-order valence-electron chi connectivity index (χ3n) is 3.40. The largest absolute Gasteiger partial charge is 0.398 e. The Kier molecular flexibility index (Phi) is 3.59. The Morgan fingerprint density at radius 1 is 1.44 bits per heavy atom. The van der Waals surface area contributed by atoms with Gasteiger partial charge in [-0.15, -0.1) is 0 Å². The quantitative estimate of drug-likeness (QED) is 0.821. The van der Waals surface area contributed by atoms with Crippen LogP contribution in [0.3, 0.4) is 0 Å². The van der Waals surface area contributed by atoms with Crippen molar-refractivity contribution in [2.24, 2.45) is 5.92 Å². The van der Waals surface area contributed by atoms with Gasteiger partial charge in [0.2, 0.25) is 10.0 Å². The molecule has 1 fully saturated rings. The number of hydrogen-bond donors (Lipinski definition) is 2. The summed E-state index contributed by atoms with van der Waals surface area (Å²) in [4.78, 5) is -0.370. The lowest BCUT2D eigenvalue weighted by atomic mass is 9.86. The molecule has 1 aromatic rings. The zero-order valence-electron chi connectivity index (χ0n) is 10.2. The topological polar surface area (TPSA) is 72.2 Å². The van der Waals surface area contributed by atoms with Crippen LogP contribution in [0.1, 0.15) is 24.8 Å². The Morgan fingerprint density at radius 2 is 2.11 bits per heavy atom. The van der Waals surface area contributed by atoms with Crippen molar-refractivity contribution >= 4 is 15.7 Å². The lowest BCUT2D eigenvalue weighted by molar-refractivity contribution is 0.316. The maximum absolute atomic E-state index is 13.7. The lowest BCUT2D eigenvalue weighted by Gasteiger charge is -2.25. The molecule has 1 saturated carbocycles. The Morgan fingerprint density at radius 3 is 2.67 bits per heavy atom. The molecule has 6 heteroatoms.